The van der Waals surface area contributed by atoms with Crippen molar-refractivity contribution in [3.8, 4) is 5.75 Å². The van der Waals surface area contributed by atoms with E-state index in [1.807, 2.05) is 30.3 Å². The summed E-state index contributed by atoms with van der Waals surface area (Å²) in [5.41, 5.74) is 0.569. The first-order valence-electron chi connectivity index (χ1n) is 6.78. The maximum atomic E-state index is 11.0. The first kappa shape index (κ1) is 15.5. The summed E-state index contributed by atoms with van der Waals surface area (Å²) in [6.45, 7) is 1.10. The zero-order valence-corrected chi connectivity index (χ0v) is 12.2. The lowest BCUT2D eigenvalue weighted by Crippen LogP contribution is -2.12. The van der Waals surface area contributed by atoms with E-state index in [1.54, 1.807) is 18.5 Å². The number of benzene rings is 1. The number of para-hydroxylation sites is 1. The Hall–Kier alpha value is -2.89. The second-order valence-corrected chi connectivity index (χ2v) is 4.27. The van der Waals surface area contributed by atoms with E-state index in [-0.39, 0.29) is 0 Å². The second-order valence-electron chi connectivity index (χ2n) is 4.27. The van der Waals surface area contributed by atoms with E-state index in [4.69, 9.17) is 4.74 Å². The van der Waals surface area contributed by atoms with Crippen molar-refractivity contribution in [2.75, 3.05) is 25.6 Å². The lowest BCUT2D eigenvalue weighted by molar-refractivity contribution is -0.134. The minimum atomic E-state index is -0.434. The molecule has 1 N–H and O–H groups in total. The lowest BCUT2D eigenvalue weighted by Gasteiger charge is -2.08. The van der Waals surface area contributed by atoms with Gasteiger partial charge in [0.25, 0.3) is 0 Å². The standard InChI is InChI=1S/C16H17N3O3/c1-21-16(20)8-7-13-11-17-12-15(19-13)18-9-10-22-14-5-3-2-4-6-14/h2-8,11-12H,9-10H2,1H3,(H,18,19). The molecular formula is C16H17N3O3. The highest BCUT2D eigenvalue weighted by Gasteiger charge is 1.98. The minimum absolute atomic E-state index is 0.434. The van der Waals surface area contributed by atoms with Gasteiger partial charge in [0, 0.05) is 6.08 Å². The highest BCUT2D eigenvalue weighted by atomic mass is 16.5. The van der Waals surface area contributed by atoms with Gasteiger partial charge in [0.1, 0.15) is 18.2 Å². The Bertz CT molecular complexity index is 630. The maximum absolute atomic E-state index is 11.0. The molecule has 0 amide bonds. The van der Waals surface area contributed by atoms with E-state index in [9.17, 15) is 4.79 Å². The van der Waals surface area contributed by atoms with Crippen molar-refractivity contribution >= 4 is 17.9 Å². The number of hydrogen-bond acceptors (Lipinski definition) is 6. The molecule has 0 aliphatic rings. The van der Waals surface area contributed by atoms with Crippen LogP contribution in [0.3, 0.4) is 0 Å². The molecule has 114 valence electrons. The fourth-order valence-electron chi connectivity index (χ4n) is 1.63. The Morgan fingerprint density at radius 3 is 2.86 bits per heavy atom. The summed E-state index contributed by atoms with van der Waals surface area (Å²) in [6.07, 6.45) is 6.01. The van der Waals surface area contributed by atoms with E-state index in [1.165, 1.54) is 13.2 Å². The number of carbonyl (C=O) groups is 1. The van der Waals surface area contributed by atoms with E-state index in [0.29, 0.717) is 24.7 Å². The van der Waals surface area contributed by atoms with Crippen LogP contribution in [-0.2, 0) is 9.53 Å². The number of nitrogens with one attached hydrogen (secondary N) is 1. The molecule has 6 nitrogen and oxygen atoms in total. The lowest BCUT2D eigenvalue weighted by atomic mass is 10.3. The predicted molar refractivity (Wildman–Crippen MR) is 83.5 cm³/mol. The number of rotatable bonds is 7. The number of nitrogens with zero attached hydrogens (tertiary/aromatic N) is 2. The fraction of sp³-hybridized carbons (Fsp3) is 0.188. The molecule has 0 fully saturated rings. The van der Waals surface area contributed by atoms with Crippen molar-refractivity contribution < 1.29 is 14.3 Å². The molecule has 0 aliphatic heterocycles. The predicted octanol–water partition coefficient (Wildman–Crippen LogP) is 2.15. The molecule has 0 saturated carbocycles. The third kappa shape index (κ3) is 5.24. The fourth-order valence-corrected chi connectivity index (χ4v) is 1.63. The Morgan fingerprint density at radius 2 is 2.09 bits per heavy atom. The van der Waals surface area contributed by atoms with Crippen LogP contribution in [0, 0.1) is 0 Å². The molecule has 2 aromatic rings. The number of hydrogen-bond donors (Lipinski definition) is 1. The summed E-state index contributed by atoms with van der Waals surface area (Å²) < 4.78 is 10.1. The summed E-state index contributed by atoms with van der Waals surface area (Å²) >= 11 is 0. The largest absolute Gasteiger partial charge is 0.492 e. The van der Waals surface area contributed by atoms with E-state index in [2.05, 4.69) is 20.0 Å². The van der Waals surface area contributed by atoms with E-state index in [0.717, 1.165) is 5.75 Å². The first-order valence-corrected chi connectivity index (χ1v) is 6.78. The number of aromatic nitrogens is 2. The SMILES string of the molecule is COC(=O)C=Cc1cncc(NCCOc2ccccc2)n1. The van der Waals surface area contributed by atoms with Crippen molar-refractivity contribution in [1.82, 2.24) is 9.97 Å². The molecule has 1 aromatic heterocycles. The zero-order valence-electron chi connectivity index (χ0n) is 12.2. The molecule has 0 saturated heterocycles. The van der Waals surface area contributed by atoms with Crippen molar-refractivity contribution in [2.24, 2.45) is 0 Å². The Morgan fingerprint density at radius 1 is 1.27 bits per heavy atom. The van der Waals surface area contributed by atoms with Crippen molar-refractivity contribution in [3.63, 3.8) is 0 Å². The highest BCUT2D eigenvalue weighted by molar-refractivity contribution is 5.86. The van der Waals surface area contributed by atoms with Gasteiger partial charge in [-0.3, -0.25) is 4.98 Å². The van der Waals surface area contributed by atoms with Gasteiger partial charge >= 0.3 is 5.97 Å². The van der Waals surface area contributed by atoms with Gasteiger partial charge in [-0.05, 0) is 18.2 Å². The Labute approximate surface area is 128 Å². The Balaban J connectivity index is 1.80. The van der Waals surface area contributed by atoms with Crippen LogP contribution in [0.1, 0.15) is 5.69 Å². The topological polar surface area (TPSA) is 73.3 Å². The number of anilines is 1. The van der Waals surface area contributed by atoms with Crippen LogP contribution in [0.2, 0.25) is 0 Å². The zero-order chi connectivity index (χ0) is 15.6. The number of ether oxygens (including phenoxy) is 2. The van der Waals surface area contributed by atoms with Crippen molar-refractivity contribution in [2.45, 2.75) is 0 Å². The summed E-state index contributed by atoms with van der Waals surface area (Å²) in [7, 11) is 1.32. The summed E-state index contributed by atoms with van der Waals surface area (Å²) in [6, 6.07) is 9.58. The van der Waals surface area contributed by atoms with Gasteiger partial charge in [0.15, 0.2) is 0 Å². The normalized spacial score (nSPS) is 10.4. The Kier molecular flexibility index (Phi) is 5.92. The van der Waals surface area contributed by atoms with Gasteiger partial charge in [-0.15, -0.1) is 0 Å². The summed E-state index contributed by atoms with van der Waals surface area (Å²) in [5, 5.41) is 3.11. The van der Waals surface area contributed by atoms with Gasteiger partial charge in [0.05, 0.1) is 31.7 Å². The molecule has 1 heterocycles. The van der Waals surface area contributed by atoms with Gasteiger partial charge in [-0.1, -0.05) is 18.2 Å². The number of esters is 1. The molecule has 22 heavy (non-hydrogen) atoms. The van der Waals surface area contributed by atoms with Crippen LogP contribution >= 0.6 is 0 Å². The molecule has 2 rings (SSSR count). The molecule has 0 atom stereocenters. The van der Waals surface area contributed by atoms with E-state index >= 15 is 0 Å². The molecule has 0 unspecified atom stereocenters. The summed E-state index contributed by atoms with van der Waals surface area (Å²) in [5.74, 6) is 1.00. The van der Waals surface area contributed by atoms with Crippen molar-refractivity contribution in [3.05, 3.63) is 54.5 Å². The van der Waals surface area contributed by atoms with Crippen LogP contribution in [0.25, 0.3) is 6.08 Å². The average Bonchev–Trinajstić information content (AvgIpc) is 2.58. The third-order valence-electron chi connectivity index (χ3n) is 2.66. The molecular weight excluding hydrogens is 282 g/mol. The first-order chi connectivity index (χ1) is 10.8. The molecule has 1 aromatic carbocycles. The monoisotopic (exact) mass is 299 g/mol. The molecule has 6 heteroatoms. The van der Waals surface area contributed by atoms with Gasteiger partial charge < -0.3 is 14.8 Å². The second kappa shape index (κ2) is 8.41. The smallest absolute Gasteiger partial charge is 0.330 e. The van der Waals surface area contributed by atoms with Crippen LogP contribution in [0.15, 0.2) is 48.8 Å². The summed E-state index contributed by atoms with van der Waals surface area (Å²) in [4.78, 5) is 19.4. The van der Waals surface area contributed by atoms with Crippen molar-refractivity contribution in [1.29, 1.82) is 0 Å². The number of methoxy groups -OCH3 is 1. The van der Waals surface area contributed by atoms with Crippen LogP contribution in [-0.4, -0.2) is 36.2 Å². The average molecular weight is 299 g/mol. The van der Waals surface area contributed by atoms with Crippen LogP contribution < -0.4 is 10.1 Å². The molecule has 0 bridgehead atoms. The van der Waals surface area contributed by atoms with E-state index < -0.39 is 5.97 Å². The minimum Gasteiger partial charge on any atom is -0.492 e. The molecule has 0 aliphatic carbocycles. The maximum Gasteiger partial charge on any atom is 0.330 e. The third-order valence-corrected chi connectivity index (χ3v) is 2.66. The molecule has 0 radical (unpaired) electrons. The number of carbonyl (C=O) groups excluding carboxylic acids is 1. The van der Waals surface area contributed by atoms with Gasteiger partial charge in [-0.25, -0.2) is 9.78 Å². The van der Waals surface area contributed by atoms with Crippen LogP contribution in [0.5, 0.6) is 5.75 Å². The molecule has 0 spiro atoms. The van der Waals surface area contributed by atoms with Gasteiger partial charge in [-0.2, -0.15) is 0 Å². The van der Waals surface area contributed by atoms with Gasteiger partial charge in [0.2, 0.25) is 0 Å². The quantitative estimate of drug-likeness (QED) is 0.480. The highest BCUT2D eigenvalue weighted by Crippen LogP contribution is 2.08. The van der Waals surface area contributed by atoms with Crippen LogP contribution in [0.4, 0.5) is 5.82 Å².